The van der Waals surface area contributed by atoms with Crippen molar-refractivity contribution in [1.82, 2.24) is 19.7 Å². The van der Waals surface area contributed by atoms with Crippen molar-refractivity contribution in [1.29, 1.82) is 5.26 Å². The second-order valence-electron chi connectivity index (χ2n) is 3.86. The molecule has 0 N–H and O–H groups in total. The third-order valence-corrected chi connectivity index (χ3v) is 2.15. The van der Waals surface area contributed by atoms with E-state index < -0.39 is 0 Å². The Morgan fingerprint density at radius 1 is 1.60 bits per heavy atom. The average molecular weight is 207 g/mol. The van der Waals surface area contributed by atoms with Gasteiger partial charge < -0.3 is 0 Å². The number of hydrogen-bond donors (Lipinski definition) is 0. The van der Waals surface area contributed by atoms with E-state index in [4.69, 9.17) is 5.26 Å². The lowest BCUT2D eigenvalue weighted by Gasteiger charge is -2.16. The zero-order chi connectivity index (χ0) is 11.3. The largest absolute Gasteiger partial charge is 0.298 e. The molecule has 1 aromatic rings. The van der Waals surface area contributed by atoms with Gasteiger partial charge in [0, 0.05) is 19.0 Å². The van der Waals surface area contributed by atoms with Gasteiger partial charge in [-0.2, -0.15) is 10.4 Å². The summed E-state index contributed by atoms with van der Waals surface area (Å²) >= 11 is 0. The summed E-state index contributed by atoms with van der Waals surface area (Å²) in [6.45, 7) is 5.65. The van der Waals surface area contributed by atoms with E-state index in [-0.39, 0.29) is 0 Å². The highest BCUT2D eigenvalue weighted by Gasteiger charge is 2.09. The van der Waals surface area contributed by atoms with Gasteiger partial charge in [-0.25, -0.2) is 9.67 Å². The van der Waals surface area contributed by atoms with Crippen molar-refractivity contribution in [3.63, 3.8) is 0 Å². The predicted molar refractivity (Wildman–Crippen MR) is 57.0 cm³/mol. The van der Waals surface area contributed by atoms with Crippen molar-refractivity contribution in [2.24, 2.45) is 0 Å². The number of nitriles is 1. The van der Waals surface area contributed by atoms with E-state index in [0.717, 1.165) is 18.9 Å². The van der Waals surface area contributed by atoms with Gasteiger partial charge in [0.25, 0.3) is 0 Å². The van der Waals surface area contributed by atoms with Crippen molar-refractivity contribution in [3.05, 3.63) is 12.2 Å². The minimum atomic E-state index is 0.326. The molecule has 0 atom stereocenters. The molecule has 0 aliphatic heterocycles. The molecule has 15 heavy (non-hydrogen) atoms. The smallest absolute Gasteiger partial charge is 0.141 e. The zero-order valence-electron chi connectivity index (χ0n) is 9.51. The Hall–Kier alpha value is -1.41. The first kappa shape index (κ1) is 11.7. The van der Waals surface area contributed by atoms with Crippen LogP contribution in [-0.4, -0.2) is 33.3 Å². The van der Waals surface area contributed by atoms with Gasteiger partial charge in [0.15, 0.2) is 0 Å². The van der Waals surface area contributed by atoms with E-state index in [1.165, 1.54) is 0 Å². The molecule has 0 bridgehead atoms. The summed E-state index contributed by atoms with van der Waals surface area (Å²) in [7, 11) is 1.98. The molecule has 0 spiro atoms. The SMILES string of the molecule is CC(C)n1ncnc1CN(C)CCC#N. The molecular weight excluding hydrogens is 190 g/mol. The molecule has 0 saturated carbocycles. The van der Waals surface area contributed by atoms with Gasteiger partial charge in [0.05, 0.1) is 12.6 Å². The summed E-state index contributed by atoms with van der Waals surface area (Å²) in [4.78, 5) is 6.29. The Bertz CT molecular complexity index is 336. The molecule has 0 aromatic carbocycles. The summed E-state index contributed by atoms with van der Waals surface area (Å²) in [6.07, 6.45) is 2.12. The summed E-state index contributed by atoms with van der Waals surface area (Å²) in [5.74, 6) is 0.949. The van der Waals surface area contributed by atoms with Crippen molar-refractivity contribution >= 4 is 0 Å². The molecule has 0 unspecified atom stereocenters. The van der Waals surface area contributed by atoms with Crippen LogP contribution >= 0.6 is 0 Å². The fourth-order valence-corrected chi connectivity index (χ4v) is 1.38. The normalized spacial score (nSPS) is 10.9. The van der Waals surface area contributed by atoms with E-state index in [9.17, 15) is 0 Å². The van der Waals surface area contributed by atoms with Crippen molar-refractivity contribution in [3.8, 4) is 6.07 Å². The third kappa shape index (κ3) is 3.33. The second kappa shape index (κ2) is 5.47. The highest BCUT2D eigenvalue weighted by atomic mass is 15.4. The van der Waals surface area contributed by atoms with Crippen molar-refractivity contribution in [2.45, 2.75) is 32.9 Å². The number of aromatic nitrogens is 3. The van der Waals surface area contributed by atoms with E-state index in [0.29, 0.717) is 12.5 Å². The highest BCUT2D eigenvalue weighted by Crippen LogP contribution is 2.07. The molecule has 82 valence electrons. The van der Waals surface area contributed by atoms with Gasteiger partial charge in [-0.1, -0.05) is 0 Å². The minimum Gasteiger partial charge on any atom is -0.298 e. The zero-order valence-corrected chi connectivity index (χ0v) is 9.51. The first-order chi connectivity index (χ1) is 7.15. The molecule has 1 heterocycles. The highest BCUT2D eigenvalue weighted by molar-refractivity contribution is 4.86. The third-order valence-electron chi connectivity index (χ3n) is 2.15. The Morgan fingerprint density at radius 2 is 2.33 bits per heavy atom. The maximum atomic E-state index is 8.47. The molecule has 1 aromatic heterocycles. The molecule has 1 rings (SSSR count). The molecule has 0 radical (unpaired) electrons. The molecule has 0 aliphatic rings. The first-order valence-corrected chi connectivity index (χ1v) is 5.09. The maximum absolute atomic E-state index is 8.47. The molecule has 0 saturated heterocycles. The molecular formula is C10H17N5. The molecule has 5 nitrogen and oxygen atoms in total. The predicted octanol–water partition coefficient (Wildman–Crippen LogP) is 1.20. The van der Waals surface area contributed by atoms with Crippen LogP contribution < -0.4 is 0 Å². The second-order valence-corrected chi connectivity index (χ2v) is 3.86. The van der Waals surface area contributed by atoms with Gasteiger partial charge in [-0.15, -0.1) is 0 Å². The maximum Gasteiger partial charge on any atom is 0.141 e. The van der Waals surface area contributed by atoms with Crippen LogP contribution in [0.3, 0.4) is 0 Å². The Balaban J connectivity index is 2.56. The van der Waals surface area contributed by atoms with Gasteiger partial charge in [-0.05, 0) is 20.9 Å². The van der Waals surface area contributed by atoms with Gasteiger partial charge in [0.1, 0.15) is 12.2 Å². The van der Waals surface area contributed by atoms with Crippen LogP contribution in [0.2, 0.25) is 0 Å². The van der Waals surface area contributed by atoms with E-state index in [1.54, 1.807) is 6.33 Å². The monoisotopic (exact) mass is 207 g/mol. The summed E-state index contributed by atoms with van der Waals surface area (Å²) < 4.78 is 1.91. The standard InChI is InChI=1S/C10H17N5/c1-9(2)15-10(12-8-13-15)7-14(3)6-4-5-11/h8-9H,4,6-7H2,1-3H3. The van der Waals surface area contributed by atoms with E-state index in [1.807, 2.05) is 11.7 Å². The molecule has 0 amide bonds. The Kier molecular flexibility index (Phi) is 4.25. The van der Waals surface area contributed by atoms with Crippen LogP contribution in [-0.2, 0) is 6.54 Å². The fourth-order valence-electron chi connectivity index (χ4n) is 1.38. The Labute approximate surface area is 90.3 Å². The summed E-state index contributed by atoms with van der Waals surface area (Å²) in [6, 6.07) is 2.46. The van der Waals surface area contributed by atoms with Crippen LogP contribution in [0.15, 0.2) is 6.33 Å². The number of hydrogen-bond acceptors (Lipinski definition) is 4. The van der Waals surface area contributed by atoms with Crippen molar-refractivity contribution < 1.29 is 0 Å². The van der Waals surface area contributed by atoms with Gasteiger partial charge in [-0.3, -0.25) is 4.90 Å². The molecule has 0 fully saturated rings. The minimum absolute atomic E-state index is 0.326. The lowest BCUT2D eigenvalue weighted by molar-refractivity contribution is 0.312. The quantitative estimate of drug-likeness (QED) is 0.728. The van der Waals surface area contributed by atoms with Crippen LogP contribution in [0, 0.1) is 11.3 Å². The fraction of sp³-hybridized carbons (Fsp3) is 0.700. The topological polar surface area (TPSA) is 57.7 Å². The van der Waals surface area contributed by atoms with Crippen LogP contribution in [0.4, 0.5) is 0 Å². The summed E-state index contributed by atoms with van der Waals surface area (Å²) in [5.41, 5.74) is 0. The van der Waals surface area contributed by atoms with Crippen molar-refractivity contribution in [2.75, 3.05) is 13.6 Å². The van der Waals surface area contributed by atoms with E-state index >= 15 is 0 Å². The Morgan fingerprint density at radius 3 is 2.93 bits per heavy atom. The summed E-state index contributed by atoms with van der Waals surface area (Å²) in [5, 5.41) is 12.6. The first-order valence-electron chi connectivity index (χ1n) is 5.09. The van der Waals surface area contributed by atoms with Crippen LogP contribution in [0.5, 0.6) is 0 Å². The molecule has 0 aliphatic carbocycles. The number of rotatable bonds is 5. The lowest BCUT2D eigenvalue weighted by atomic mass is 10.3. The molecule has 5 heteroatoms. The van der Waals surface area contributed by atoms with Gasteiger partial charge in [0.2, 0.25) is 0 Å². The lowest BCUT2D eigenvalue weighted by Crippen LogP contribution is -2.22. The number of nitrogens with zero attached hydrogens (tertiary/aromatic N) is 5. The van der Waals surface area contributed by atoms with E-state index in [2.05, 4.69) is 34.9 Å². The van der Waals surface area contributed by atoms with Crippen LogP contribution in [0.25, 0.3) is 0 Å². The average Bonchev–Trinajstić information content (AvgIpc) is 2.62. The van der Waals surface area contributed by atoms with Gasteiger partial charge >= 0.3 is 0 Å². The van der Waals surface area contributed by atoms with Crippen LogP contribution in [0.1, 0.15) is 32.1 Å².